The Kier molecular flexibility index (Phi) is 1.94. The van der Waals surface area contributed by atoms with Gasteiger partial charge in [-0.15, -0.1) is 0 Å². The van der Waals surface area contributed by atoms with Crippen molar-refractivity contribution in [3.05, 3.63) is 0 Å². The minimum absolute atomic E-state index is 1.07. The second kappa shape index (κ2) is 2.91. The first-order valence-electron chi connectivity index (χ1n) is 4.81. The highest BCUT2D eigenvalue weighted by Gasteiger charge is 2.28. The predicted molar refractivity (Wildman–Crippen MR) is 42.2 cm³/mol. The number of quaternary nitrogens is 1. The molecule has 0 radical (unpaired) electrons. The van der Waals surface area contributed by atoms with E-state index >= 15 is 0 Å². The lowest BCUT2D eigenvalue weighted by atomic mass is 9.92. The molecule has 1 aliphatic heterocycles. The van der Waals surface area contributed by atoms with Crippen molar-refractivity contribution in [2.75, 3.05) is 13.1 Å². The van der Waals surface area contributed by atoms with Crippen molar-refractivity contribution in [3.63, 3.8) is 0 Å². The molecule has 0 amide bonds. The SMILES string of the molecule is C1CCC([NH+]2CCC2)CC1. The van der Waals surface area contributed by atoms with E-state index in [0.29, 0.717) is 0 Å². The van der Waals surface area contributed by atoms with Gasteiger partial charge in [0.2, 0.25) is 0 Å². The second-order valence-corrected chi connectivity index (χ2v) is 3.85. The Hall–Kier alpha value is -0.0400. The smallest absolute Gasteiger partial charge is 0.0874 e. The van der Waals surface area contributed by atoms with Gasteiger partial charge in [0.15, 0.2) is 0 Å². The molecule has 1 saturated carbocycles. The van der Waals surface area contributed by atoms with E-state index in [1.807, 2.05) is 4.90 Å². The molecule has 0 unspecified atom stereocenters. The van der Waals surface area contributed by atoms with Crippen molar-refractivity contribution in [2.45, 2.75) is 44.6 Å². The molecule has 1 heteroatoms. The molecule has 58 valence electrons. The molecule has 0 spiro atoms. The van der Waals surface area contributed by atoms with Crippen LogP contribution in [0.25, 0.3) is 0 Å². The molecule has 0 atom stereocenters. The third kappa shape index (κ3) is 1.20. The molecule has 0 aromatic rings. The van der Waals surface area contributed by atoms with Crippen molar-refractivity contribution in [1.29, 1.82) is 0 Å². The molecule has 2 rings (SSSR count). The highest BCUT2D eigenvalue weighted by atomic mass is 15.2. The quantitative estimate of drug-likeness (QED) is 0.544. The maximum atomic E-state index is 1.92. The average Bonchev–Trinajstić information content (AvgIpc) is 1.86. The van der Waals surface area contributed by atoms with E-state index in [1.54, 1.807) is 0 Å². The van der Waals surface area contributed by atoms with E-state index in [0.717, 1.165) is 6.04 Å². The van der Waals surface area contributed by atoms with Gasteiger partial charge < -0.3 is 4.90 Å². The first kappa shape index (κ1) is 6.66. The van der Waals surface area contributed by atoms with Gasteiger partial charge in [0, 0.05) is 6.42 Å². The van der Waals surface area contributed by atoms with Crippen molar-refractivity contribution in [3.8, 4) is 0 Å². The second-order valence-electron chi connectivity index (χ2n) is 3.85. The Morgan fingerprint density at radius 2 is 1.50 bits per heavy atom. The average molecular weight is 140 g/mol. The monoisotopic (exact) mass is 140 g/mol. The highest BCUT2D eigenvalue weighted by molar-refractivity contribution is 4.65. The van der Waals surface area contributed by atoms with Crippen LogP contribution in [0.4, 0.5) is 0 Å². The van der Waals surface area contributed by atoms with Gasteiger partial charge in [-0.3, -0.25) is 0 Å². The van der Waals surface area contributed by atoms with Crippen LogP contribution < -0.4 is 4.90 Å². The molecule has 1 nitrogen and oxygen atoms in total. The van der Waals surface area contributed by atoms with Crippen molar-refractivity contribution in [1.82, 2.24) is 0 Å². The summed E-state index contributed by atoms with van der Waals surface area (Å²) in [6.45, 7) is 2.95. The molecule has 0 aromatic carbocycles. The predicted octanol–water partition coefficient (Wildman–Crippen LogP) is 0.608. The molecular formula is C9H18N+. The first-order valence-corrected chi connectivity index (χ1v) is 4.81. The largest absolute Gasteiger partial charge is 0.332 e. The first-order chi connectivity index (χ1) is 4.97. The van der Waals surface area contributed by atoms with Crippen molar-refractivity contribution < 1.29 is 4.90 Å². The summed E-state index contributed by atoms with van der Waals surface area (Å²) in [5.74, 6) is 0. The molecule has 2 fully saturated rings. The van der Waals surface area contributed by atoms with E-state index in [4.69, 9.17) is 0 Å². The Morgan fingerprint density at radius 1 is 0.800 bits per heavy atom. The zero-order valence-corrected chi connectivity index (χ0v) is 6.73. The van der Waals surface area contributed by atoms with Gasteiger partial charge in [0.05, 0.1) is 19.1 Å². The van der Waals surface area contributed by atoms with E-state index in [2.05, 4.69) is 0 Å². The molecule has 1 aliphatic carbocycles. The zero-order valence-electron chi connectivity index (χ0n) is 6.73. The van der Waals surface area contributed by atoms with E-state index in [1.165, 1.54) is 51.6 Å². The van der Waals surface area contributed by atoms with Gasteiger partial charge in [-0.25, -0.2) is 0 Å². The molecule has 1 heterocycles. The summed E-state index contributed by atoms with van der Waals surface area (Å²) in [6, 6.07) is 1.07. The summed E-state index contributed by atoms with van der Waals surface area (Å²) in [7, 11) is 0. The van der Waals surface area contributed by atoms with Crippen LogP contribution in [0.15, 0.2) is 0 Å². The Morgan fingerprint density at radius 3 is 2.00 bits per heavy atom. The maximum absolute atomic E-state index is 1.92. The molecular weight excluding hydrogens is 122 g/mol. The standard InChI is InChI=1S/C9H17N/c1-2-5-9(6-3-1)10-7-4-8-10/h9H,1-8H2/p+1. The molecule has 10 heavy (non-hydrogen) atoms. The van der Waals surface area contributed by atoms with Gasteiger partial charge in [-0.2, -0.15) is 0 Å². The molecule has 0 bridgehead atoms. The third-order valence-corrected chi connectivity index (χ3v) is 3.18. The molecule has 2 aliphatic rings. The van der Waals surface area contributed by atoms with Crippen LogP contribution in [0.3, 0.4) is 0 Å². The normalized spacial score (nSPS) is 30.0. The van der Waals surface area contributed by atoms with Gasteiger partial charge in [0.1, 0.15) is 0 Å². The number of likely N-dealkylation sites (tertiary alicyclic amines) is 1. The van der Waals surface area contributed by atoms with Crippen molar-refractivity contribution in [2.24, 2.45) is 0 Å². The minimum atomic E-state index is 1.07. The van der Waals surface area contributed by atoms with Crippen LogP contribution in [0.2, 0.25) is 0 Å². The number of hydrogen-bond donors (Lipinski definition) is 1. The van der Waals surface area contributed by atoms with Gasteiger partial charge in [0.25, 0.3) is 0 Å². The summed E-state index contributed by atoms with van der Waals surface area (Å²) in [5, 5.41) is 0. The summed E-state index contributed by atoms with van der Waals surface area (Å²) in [5.41, 5.74) is 0. The summed E-state index contributed by atoms with van der Waals surface area (Å²) >= 11 is 0. The highest BCUT2D eigenvalue weighted by Crippen LogP contribution is 2.15. The zero-order chi connectivity index (χ0) is 6.81. The van der Waals surface area contributed by atoms with Crippen LogP contribution in [-0.2, 0) is 0 Å². The van der Waals surface area contributed by atoms with E-state index in [-0.39, 0.29) is 0 Å². The molecule has 0 aromatic heterocycles. The Labute approximate surface area is 63.4 Å². The fourth-order valence-electron chi connectivity index (χ4n) is 2.30. The number of hydrogen-bond acceptors (Lipinski definition) is 0. The lowest BCUT2D eigenvalue weighted by Crippen LogP contribution is -3.21. The fourth-order valence-corrected chi connectivity index (χ4v) is 2.30. The van der Waals surface area contributed by atoms with Crippen LogP contribution >= 0.6 is 0 Å². The maximum Gasteiger partial charge on any atom is 0.0874 e. The summed E-state index contributed by atoms with van der Waals surface area (Å²) < 4.78 is 0. The molecule has 1 N–H and O–H groups in total. The van der Waals surface area contributed by atoms with Gasteiger partial charge in [-0.1, -0.05) is 6.42 Å². The van der Waals surface area contributed by atoms with Crippen LogP contribution in [0, 0.1) is 0 Å². The minimum Gasteiger partial charge on any atom is -0.332 e. The number of rotatable bonds is 1. The summed E-state index contributed by atoms with van der Waals surface area (Å²) in [4.78, 5) is 1.92. The van der Waals surface area contributed by atoms with Crippen LogP contribution in [0.5, 0.6) is 0 Å². The van der Waals surface area contributed by atoms with Gasteiger partial charge in [-0.05, 0) is 25.7 Å². The fraction of sp³-hybridized carbons (Fsp3) is 1.00. The lowest BCUT2D eigenvalue weighted by molar-refractivity contribution is -0.963. The number of nitrogens with one attached hydrogen (secondary N) is 1. The van der Waals surface area contributed by atoms with E-state index in [9.17, 15) is 0 Å². The van der Waals surface area contributed by atoms with E-state index < -0.39 is 0 Å². The third-order valence-electron chi connectivity index (χ3n) is 3.18. The Balaban J connectivity index is 1.78. The Bertz CT molecular complexity index is 101. The van der Waals surface area contributed by atoms with Crippen LogP contribution in [0.1, 0.15) is 38.5 Å². The van der Waals surface area contributed by atoms with Gasteiger partial charge >= 0.3 is 0 Å². The van der Waals surface area contributed by atoms with Crippen LogP contribution in [-0.4, -0.2) is 19.1 Å². The lowest BCUT2D eigenvalue weighted by Gasteiger charge is -2.36. The molecule has 1 saturated heterocycles. The topological polar surface area (TPSA) is 4.44 Å². The van der Waals surface area contributed by atoms with Crippen molar-refractivity contribution >= 4 is 0 Å². The summed E-state index contributed by atoms with van der Waals surface area (Å²) in [6.07, 6.45) is 9.06.